The predicted molar refractivity (Wildman–Crippen MR) is 79.8 cm³/mol. The maximum atomic E-state index is 11.7. The lowest BCUT2D eigenvalue weighted by atomic mass is 9.93. The summed E-state index contributed by atoms with van der Waals surface area (Å²) in [6.07, 6.45) is 5.79. The standard InChI is InChI=1S/C15H30N2O3/c1-4-9-16-13-5-7-14(8-6-13)20-11-15(18)17-12(2)10-19-3/h12-14,16H,4-11H2,1-3H3,(H,17,18). The molecule has 0 aromatic carbocycles. The molecule has 118 valence electrons. The van der Waals surface area contributed by atoms with Gasteiger partial charge in [-0.05, 0) is 45.6 Å². The molecule has 1 aliphatic rings. The van der Waals surface area contributed by atoms with Gasteiger partial charge >= 0.3 is 0 Å². The van der Waals surface area contributed by atoms with Gasteiger partial charge in [-0.15, -0.1) is 0 Å². The second-order valence-electron chi connectivity index (χ2n) is 5.66. The molecule has 1 atom stereocenters. The Bertz CT molecular complexity index is 266. The quantitative estimate of drug-likeness (QED) is 0.674. The van der Waals surface area contributed by atoms with Crippen LogP contribution in [0.1, 0.15) is 46.0 Å². The van der Waals surface area contributed by atoms with E-state index in [2.05, 4.69) is 17.6 Å². The van der Waals surface area contributed by atoms with Crippen molar-refractivity contribution in [2.24, 2.45) is 0 Å². The molecular weight excluding hydrogens is 256 g/mol. The fraction of sp³-hybridized carbons (Fsp3) is 0.933. The Labute approximate surface area is 122 Å². The van der Waals surface area contributed by atoms with E-state index in [1.807, 2.05) is 6.92 Å². The summed E-state index contributed by atoms with van der Waals surface area (Å²) in [4.78, 5) is 11.7. The molecular formula is C15H30N2O3. The molecule has 1 aliphatic carbocycles. The Kier molecular flexibility index (Phi) is 8.82. The first-order chi connectivity index (χ1) is 9.65. The first-order valence-electron chi connectivity index (χ1n) is 7.79. The molecule has 0 radical (unpaired) electrons. The Morgan fingerprint density at radius 2 is 2.00 bits per heavy atom. The highest BCUT2D eigenvalue weighted by molar-refractivity contribution is 5.77. The number of methoxy groups -OCH3 is 1. The van der Waals surface area contributed by atoms with Crippen LogP contribution in [0.4, 0.5) is 0 Å². The van der Waals surface area contributed by atoms with Gasteiger partial charge in [-0.1, -0.05) is 6.92 Å². The summed E-state index contributed by atoms with van der Waals surface area (Å²) in [5.74, 6) is -0.0548. The van der Waals surface area contributed by atoms with E-state index in [0.29, 0.717) is 12.6 Å². The molecule has 5 nitrogen and oxygen atoms in total. The summed E-state index contributed by atoms with van der Waals surface area (Å²) in [6, 6.07) is 0.662. The van der Waals surface area contributed by atoms with Crippen molar-refractivity contribution in [3.63, 3.8) is 0 Å². The maximum absolute atomic E-state index is 11.7. The zero-order valence-corrected chi connectivity index (χ0v) is 13.1. The Morgan fingerprint density at radius 3 is 2.60 bits per heavy atom. The van der Waals surface area contributed by atoms with Crippen molar-refractivity contribution >= 4 is 5.91 Å². The van der Waals surface area contributed by atoms with E-state index in [9.17, 15) is 4.79 Å². The third-order valence-corrected chi connectivity index (χ3v) is 3.63. The SMILES string of the molecule is CCCNC1CCC(OCC(=O)NC(C)COC)CC1. The molecule has 0 heterocycles. The van der Waals surface area contributed by atoms with Crippen LogP contribution in [0, 0.1) is 0 Å². The number of hydrogen-bond donors (Lipinski definition) is 2. The predicted octanol–water partition coefficient (Wildman–Crippen LogP) is 1.46. The lowest BCUT2D eigenvalue weighted by Crippen LogP contribution is -2.40. The van der Waals surface area contributed by atoms with Gasteiger partial charge in [0.15, 0.2) is 0 Å². The average molecular weight is 286 g/mol. The minimum absolute atomic E-state index is 0.0325. The molecule has 1 rings (SSSR count). The lowest BCUT2D eigenvalue weighted by molar-refractivity contribution is -0.129. The van der Waals surface area contributed by atoms with E-state index < -0.39 is 0 Å². The topological polar surface area (TPSA) is 59.6 Å². The number of rotatable bonds is 9. The van der Waals surface area contributed by atoms with Crippen molar-refractivity contribution in [1.29, 1.82) is 0 Å². The van der Waals surface area contributed by atoms with Gasteiger partial charge in [0.1, 0.15) is 6.61 Å². The van der Waals surface area contributed by atoms with Gasteiger partial charge in [-0.25, -0.2) is 0 Å². The third-order valence-electron chi connectivity index (χ3n) is 3.63. The van der Waals surface area contributed by atoms with Crippen LogP contribution in [0.15, 0.2) is 0 Å². The van der Waals surface area contributed by atoms with Gasteiger partial charge in [-0.2, -0.15) is 0 Å². The van der Waals surface area contributed by atoms with Gasteiger partial charge in [0, 0.05) is 19.2 Å². The minimum Gasteiger partial charge on any atom is -0.383 e. The molecule has 2 N–H and O–H groups in total. The average Bonchev–Trinajstić information content (AvgIpc) is 2.44. The molecule has 1 saturated carbocycles. The monoisotopic (exact) mass is 286 g/mol. The van der Waals surface area contributed by atoms with E-state index in [0.717, 1.165) is 32.2 Å². The second kappa shape index (κ2) is 10.1. The Hall–Kier alpha value is -0.650. The van der Waals surface area contributed by atoms with Crippen LogP contribution in [-0.4, -0.2) is 51.0 Å². The van der Waals surface area contributed by atoms with E-state index in [-0.39, 0.29) is 24.7 Å². The van der Waals surface area contributed by atoms with Crippen molar-refractivity contribution in [3.8, 4) is 0 Å². The lowest BCUT2D eigenvalue weighted by Gasteiger charge is -2.29. The molecule has 0 aromatic heterocycles. The van der Waals surface area contributed by atoms with Crippen LogP contribution in [0.2, 0.25) is 0 Å². The second-order valence-corrected chi connectivity index (χ2v) is 5.66. The molecule has 0 aromatic rings. The molecule has 0 spiro atoms. The zero-order valence-electron chi connectivity index (χ0n) is 13.1. The van der Waals surface area contributed by atoms with E-state index in [1.54, 1.807) is 7.11 Å². The van der Waals surface area contributed by atoms with Gasteiger partial charge < -0.3 is 20.1 Å². The summed E-state index contributed by atoms with van der Waals surface area (Å²) < 4.78 is 10.7. The molecule has 0 saturated heterocycles. The van der Waals surface area contributed by atoms with Crippen LogP contribution >= 0.6 is 0 Å². The van der Waals surface area contributed by atoms with Gasteiger partial charge in [0.2, 0.25) is 5.91 Å². The smallest absolute Gasteiger partial charge is 0.246 e. The van der Waals surface area contributed by atoms with Crippen molar-refractivity contribution in [1.82, 2.24) is 10.6 Å². The Morgan fingerprint density at radius 1 is 1.30 bits per heavy atom. The summed E-state index contributed by atoms with van der Waals surface area (Å²) in [7, 11) is 1.63. The van der Waals surface area contributed by atoms with Crippen LogP contribution in [0.5, 0.6) is 0 Å². The minimum atomic E-state index is -0.0548. The summed E-state index contributed by atoms with van der Waals surface area (Å²) in [5.41, 5.74) is 0. The fourth-order valence-corrected chi connectivity index (χ4v) is 2.58. The number of carbonyl (C=O) groups excluding carboxylic acids is 1. The first kappa shape index (κ1) is 17.4. The van der Waals surface area contributed by atoms with Crippen molar-refractivity contribution in [2.45, 2.75) is 64.1 Å². The molecule has 1 unspecified atom stereocenters. The van der Waals surface area contributed by atoms with Crippen LogP contribution < -0.4 is 10.6 Å². The highest BCUT2D eigenvalue weighted by Gasteiger charge is 2.21. The maximum Gasteiger partial charge on any atom is 0.246 e. The van der Waals surface area contributed by atoms with Crippen LogP contribution in [0.3, 0.4) is 0 Å². The number of nitrogens with one attached hydrogen (secondary N) is 2. The molecule has 0 aliphatic heterocycles. The van der Waals surface area contributed by atoms with Gasteiger partial charge in [0.25, 0.3) is 0 Å². The highest BCUT2D eigenvalue weighted by Crippen LogP contribution is 2.21. The third kappa shape index (κ3) is 7.22. The normalized spacial score (nSPS) is 24.4. The van der Waals surface area contributed by atoms with E-state index in [1.165, 1.54) is 6.42 Å². The molecule has 5 heteroatoms. The van der Waals surface area contributed by atoms with Crippen molar-refractivity contribution in [3.05, 3.63) is 0 Å². The van der Waals surface area contributed by atoms with Crippen molar-refractivity contribution in [2.75, 3.05) is 26.9 Å². The first-order valence-corrected chi connectivity index (χ1v) is 7.79. The Balaban J connectivity index is 2.10. The fourth-order valence-electron chi connectivity index (χ4n) is 2.58. The van der Waals surface area contributed by atoms with Gasteiger partial charge in [0.05, 0.1) is 12.7 Å². The van der Waals surface area contributed by atoms with E-state index >= 15 is 0 Å². The number of carbonyl (C=O) groups is 1. The molecule has 1 fully saturated rings. The summed E-state index contributed by atoms with van der Waals surface area (Å²) in [6.45, 7) is 5.89. The molecule has 20 heavy (non-hydrogen) atoms. The summed E-state index contributed by atoms with van der Waals surface area (Å²) in [5, 5.41) is 6.40. The van der Waals surface area contributed by atoms with Crippen molar-refractivity contribution < 1.29 is 14.3 Å². The largest absolute Gasteiger partial charge is 0.383 e. The number of amides is 1. The van der Waals surface area contributed by atoms with Crippen LogP contribution in [0.25, 0.3) is 0 Å². The van der Waals surface area contributed by atoms with Gasteiger partial charge in [-0.3, -0.25) is 4.79 Å². The van der Waals surface area contributed by atoms with Crippen LogP contribution in [-0.2, 0) is 14.3 Å². The molecule has 0 bridgehead atoms. The number of hydrogen-bond acceptors (Lipinski definition) is 4. The number of ether oxygens (including phenoxy) is 2. The zero-order chi connectivity index (χ0) is 14.8. The van der Waals surface area contributed by atoms with E-state index in [4.69, 9.17) is 9.47 Å². The molecule has 1 amide bonds. The summed E-state index contributed by atoms with van der Waals surface area (Å²) >= 11 is 0. The highest BCUT2D eigenvalue weighted by atomic mass is 16.5.